The first-order valence-corrected chi connectivity index (χ1v) is 10.2. The van der Waals surface area contributed by atoms with E-state index in [0.717, 1.165) is 17.7 Å². The molecule has 0 amide bonds. The molecule has 0 saturated carbocycles. The number of nitrogens with zero attached hydrogens (tertiary/aromatic N) is 1. The van der Waals surface area contributed by atoms with Crippen molar-refractivity contribution in [2.75, 3.05) is 0 Å². The fourth-order valence-corrected chi connectivity index (χ4v) is 4.75. The average Bonchev–Trinajstić information content (AvgIpc) is 3.12. The summed E-state index contributed by atoms with van der Waals surface area (Å²) >= 11 is 3.43. The van der Waals surface area contributed by atoms with E-state index < -0.39 is 28.8 Å². The molecule has 29 heavy (non-hydrogen) atoms. The minimum atomic E-state index is -2.50. The fourth-order valence-electron chi connectivity index (χ4n) is 4.03. The number of ketones is 1. The topological polar surface area (TPSA) is 96.6 Å². The number of hydrogen-bond acceptors (Lipinski definition) is 3. The van der Waals surface area contributed by atoms with Gasteiger partial charge in [-0.1, -0.05) is 23.7 Å². The largest absolute Gasteiger partial charge is 0.481 e. The van der Waals surface area contributed by atoms with Gasteiger partial charge in [-0.2, -0.15) is 0 Å². The Morgan fingerprint density at radius 3 is 2.59 bits per heavy atom. The summed E-state index contributed by atoms with van der Waals surface area (Å²) < 4.78 is 37.5. The fraction of sp³-hybridized carbons (Fsp3) is 0.200. The van der Waals surface area contributed by atoms with Crippen LogP contribution in [0.15, 0.2) is 41.3 Å². The Labute approximate surface area is 172 Å². The molecule has 4 rings (SSSR count). The predicted molar refractivity (Wildman–Crippen MR) is 105 cm³/mol. The van der Waals surface area contributed by atoms with E-state index in [1.807, 2.05) is 0 Å². The van der Waals surface area contributed by atoms with Gasteiger partial charge in [-0.15, -0.1) is 0 Å². The molecule has 1 heterocycles. The van der Waals surface area contributed by atoms with Crippen LogP contribution in [0, 0.1) is 5.82 Å². The van der Waals surface area contributed by atoms with E-state index in [-0.39, 0.29) is 46.5 Å². The summed E-state index contributed by atoms with van der Waals surface area (Å²) in [7, 11) is 0. The molecule has 3 aromatic rings. The van der Waals surface area contributed by atoms with Crippen molar-refractivity contribution in [3.63, 3.8) is 0 Å². The summed E-state index contributed by atoms with van der Waals surface area (Å²) in [6.07, 6.45) is -0.267. The lowest BCUT2D eigenvalue weighted by Crippen LogP contribution is -2.11. The van der Waals surface area contributed by atoms with Crippen LogP contribution in [0.2, 0.25) is 5.02 Å². The molecule has 0 aliphatic heterocycles. The normalized spacial score (nSPS) is 16.9. The van der Waals surface area contributed by atoms with E-state index in [9.17, 15) is 27.8 Å². The van der Waals surface area contributed by atoms with Crippen LogP contribution in [0.5, 0.6) is 0 Å². The molecule has 2 N–H and O–H groups in total. The average molecular weight is 436 g/mol. The lowest BCUT2D eigenvalue weighted by Gasteiger charge is -2.16. The predicted octanol–water partition coefficient (Wildman–Crippen LogP) is 4.21. The van der Waals surface area contributed by atoms with Gasteiger partial charge < -0.3 is 14.2 Å². The second kappa shape index (κ2) is 7.37. The number of Topliss-reactive ketones (excluding diaryl/α,β-unsaturated/α-hetero) is 1. The molecule has 2 aromatic carbocycles. The van der Waals surface area contributed by atoms with Crippen molar-refractivity contribution in [2.45, 2.75) is 30.2 Å². The first kappa shape index (κ1) is 19.8. The number of carboxylic acids is 1. The standard InChI is InChI=1S/C20H15ClFNO5S/c21-12-3-1-10(2-4-12)9-23-19-11(6-17(25)26)5-15(24)18(19)14-7-13(22)8-16(20(14)23)29(27)28/h1-4,7-8,11H,5-6,9H2,(H,25,26)(H,27,28)/t11-/m1/s1. The number of halogens is 2. The van der Waals surface area contributed by atoms with Crippen molar-refractivity contribution in [2.24, 2.45) is 0 Å². The molecule has 6 nitrogen and oxygen atoms in total. The Morgan fingerprint density at radius 1 is 1.28 bits per heavy atom. The second-order valence-electron chi connectivity index (χ2n) is 6.94. The first-order valence-electron chi connectivity index (χ1n) is 8.72. The smallest absolute Gasteiger partial charge is 0.304 e. The molecule has 2 atom stereocenters. The van der Waals surface area contributed by atoms with E-state index in [1.165, 1.54) is 0 Å². The van der Waals surface area contributed by atoms with Gasteiger partial charge in [-0.3, -0.25) is 9.59 Å². The maximum absolute atomic E-state index is 14.2. The van der Waals surface area contributed by atoms with Crippen LogP contribution in [0.3, 0.4) is 0 Å². The number of carbonyl (C=O) groups excluding carboxylic acids is 1. The van der Waals surface area contributed by atoms with Crippen LogP contribution in [0.25, 0.3) is 10.9 Å². The monoisotopic (exact) mass is 435 g/mol. The van der Waals surface area contributed by atoms with Gasteiger partial charge in [0.2, 0.25) is 0 Å². The van der Waals surface area contributed by atoms with Crippen LogP contribution in [-0.2, 0) is 22.4 Å². The molecule has 150 valence electrons. The summed E-state index contributed by atoms with van der Waals surface area (Å²) in [4.78, 5) is 23.9. The quantitative estimate of drug-likeness (QED) is 0.585. The van der Waals surface area contributed by atoms with Crippen molar-refractivity contribution in [3.8, 4) is 0 Å². The summed E-state index contributed by atoms with van der Waals surface area (Å²) in [6, 6.07) is 9.03. The molecule has 9 heteroatoms. The second-order valence-corrected chi connectivity index (χ2v) is 8.32. The number of benzene rings is 2. The van der Waals surface area contributed by atoms with Crippen molar-refractivity contribution in [3.05, 3.63) is 64.1 Å². The molecule has 1 aliphatic rings. The Morgan fingerprint density at radius 2 is 1.97 bits per heavy atom. The number of fused-ring (bicyclic) bond motifs is 3. The molecular formula is C20H15ClFNO5S. The Kier molecular flexibility index (Phi) is 5.02. The first-order chi connectivity index (χ1) is 13.8. The van der Waals surface area contributed by atoms with E-state index in [4.69, 9.17) is 11.6 Å². The lowest BCUT2D eigenvalue weighted by molar-refractivity contribution is -0.137. The van der Waals surface area contributed by atoms with Gasteiger partial charge in [0.05, 0.1) is 16.8 Å². The van der Waals surface area contributed by atoms with E-state index in [0.29, 0.717) is 10.7 Å². The molecule has 1 aliphatic carbocycles. The minimum Gasteiger partial charge on any atom is -0.481 e. The highest BCUT2D eigenvalue weighted by Gasteiger charge is 2.38. The molecule has 0 spiro atoms. The zero-order chi connectivity index (χ0) is 20.9. The summed E-state index contributed by atoms with van der Waals surface area (Å²) in [5.41, 5.74) is 1.74. The van der Waals surface area contributed by atoms with Crippen molar-refractivity contribution >= 4 is 45.3 Å². The van der Waals surface area contributed by atoms with Gasteiger partial charge in [-0.25, -0.2) is 8.60 Å². The summed E-state index contributed by atoms with van der Waals surface area (Å²) in [5.74, 6) is -2.70. The Hall–Kier alpha value is -2.55. The van der Waals surface area contributed by atoms with Crippen molar-refractivity contribution < 1.29 is 27.8 Å². The zero-order valence-corrected chi connectivity index (χ0v) is 16.5. The number of rotatable bonds is 5. The van der Waals surface area contributed by atoms with Gasteiger partial charge in [0.15, 0.2) is 16.9 Å². The third-order valence-corrected chi connectivity index (χ3v) is 6.03. The van der Waals surface area contributed by atoms with E-state index in [1.54, 1.807) is 28.8 Å². The molecule has 0 radical (unpaired) electrons. The van der Waals surface area contributed by atoms with Crippen LogP contribution in [0.1, 0.15) is 40.4 Å². The Balaban J connectivity index is 2.03. The molecule has 1 aromatic heterocycles. The molecule has 0 saturated heterocycles. The lowest BCUT2D eigenvalue weighted by atomic mass is 10.0. The van der Waals surface area contributed by atoms with Crippen LogP contribution < -0.4 is 0 Å². The van der Waals surface area contributed by atoms with Crippen LogP contribution >= 0.6 is 11.6 Å². The number of hydrogen-bond donors (Lipinski definition) is 2. The van der Waals surface area contributed by atoms with Crippen molar-refractivity contribution in [1.29, 1.82) is 0 Å². The highest BCUT2D eigenvalue weighted by Crippen LogP contribution is 2.43. The van der Waals surface area contributed by atoms with Gasteiger partial charge in [0.25, 0.3) is 0 Å². The molecular weight excluding hydrogens is 421 g/mol. The molecule has 0 bridgehead atoms. The van der Waals surface area contributed by atoms with Crippen molar-refractivity contribution in [1.82, 2.24) is 4.57 Å². The highest BCUT2D eigenvalue weighted by atomic mass is 35.5. The zero-order valence-electron chi connectivity index (χ0n) is 14.9. The van der Waals surface area contributed by atoms with E-state index >= 15 is 0 Å². The SMILES string of the molecule is O=C(O)C[C@H]1CC(=O)c2c1n(Cc1ccc(Cl)cc1)c1c(S(=O)O)cc(F)cc21. The third kappa shape index (κ3) is 3.48. The maximum Gasteiger partial charge on any atom is 0.304 e. The summed E-state index contributed by atoms with van der Waals surface area (Å²) in [5, 5.41) is 10.0. The summed E-state index contributed by atoms with van der Waals surface area (Å²) in [6.45, 7) is 0.211. The number of carboxylic acid groups (broad SMARTS) is 1. The van der Waals surface area contributed by atoms with E-state index in [2.05, 4.69) is 0 Å². The highest BCUT2D eigenvalue weighted by molar-refractivity contribution is 7.79. The van der Waals surface area contributed by atoms with Gasteiger partial charge in [0, 0.05) is 40.5 Å². The van der Waals surface area contributed by atoms with Crippen LogP contribution in [0.4, 0.5) is 4.39 Å². The third-order valence-electron chi connectivity index (χ3n) is 5.09. The Bertz CT molecular complexity index is 1190. The maximum atomic E-state index is 14.2. The van der Waals surface area contributed by atoms with Gasteiger partial charge in [-0.05, 0) is 29.8 Å². The molecule has 1 unspecified atom stereocenters. The van der Waals surface area contributed by atoms with Gasteiger partial charge >= 0.3 is 5.97 Å². The van der Waals surface area contributed by atoms with Crippen LogP contribution in [-0.4, -0.2) is 30.2 Å². The minimum absolute atomic E-state index is 0.00157. The van der Waals surface area contributed by atoms with Gasteiger partial charge in [0.1, 0.15) is 5.82 Å². The number of carbonyl (C=O) groups is 2. The molecule has 0 fully saturated rings. The number of aromatic nitrogens is 1. The number of aliphatic carboxylic acids is 1.